The van der Waals surface area contributed by atoms with Crippen molar-refractivity contribution in [3.8, 4) is 5.75 Å². The molecule has 76 valence electrons. The summed E-state index contributed by atoms with van der Waals surface area (Å²) in [5.74, 6) is 0.0323. The summed E-state index contributed by atoms with van der Waals surface area (Å²) in [6, 6.07) is 5.14. The number of methoxy groups -OCH3 is 1. The van der Waals surface area contributed by atoms with Crippen molar-refractivity contribution < 1.29 is 9.13 Å². The van der Waals surface area contributed by atoms with Gasteiger partial charge in [0.1, 0.15) is 0 Å². The van der Waals surface area contributed by atoms with Crippen molar-refractivity contribution >= 4 is 5.69 Å². The molecule has 1 saturated heterocycles. The van der Waals surface area contributed by atoms with Crippen molar-refractivity contribution in [2.45, 2.75) is 12.8 Å². The van der Waals surface area contributed by atoms with Crippen LogP contribution in [-0.2, 0) is 0 Å². The van der Waals surface area contributed by atoms with E-state index in [0.717, 1.165) is 18.8 Å². The first-order chi connectivity index (χ1) is 6.81. The Kier molecular flexibility index (Phi) is 2.57. The zero-order valence-electron chi connectivity index (χ0n) is 8.29. The second-order valence-corrected chi connectivity index (χ2v) is 3.51. The normalized spacial score (nSPS) is 16.0. The van der Waals surface area contributed by atoms with Crippen LogP contribution >= 0.6 is 0 Å². The molecule has 1 fully saturated rings. The maximum absolute atomic E-state index is 13.4. The summed E-state index contributed by atoms with van der Waals surface area (Å²) in [6.45, 7) is 2.07. The zero-order valence-corrected chi connectivity index (χ0v) is 8.29. The van der Waals surface area contributed by atoms with Gasteiger partial charge >= 0.3 is 0 Å². The minimum Gasteiger partial charge on any atom is -0.494 e. The standard InChI is InChI=1S/C11H14FNO/c1-14-11-5-4-9(8-10(11)12)13-6-2-3-7-13/h4-5,8H,2-3,6-7H2,1H3. The van der Waals surface area contributed by atoms with Crippen LogP contribution in [0.4, 0.5) is 10.1 Å². The molecule has 0 aromatic heterocycles. The van der Waals surface area contributed by atoms with Crippen molar-refractivity contribution in [1.29, 1.82) is 0 Å². The summed E-state index contributed by atoms with van der Waals surface area (Å²) >= 11 is 0. The summed E-state index contributed by atoms with van der Waals surface area (Å²) in [5.41, 5.74) is 0.959. The predicted octanol–water partition coefficient (Wildman–Crippen LogP) is 2.43. The van der Waals surface area contributed by atoms with E-state index < -0.39 is 0 Å². The number of nitrogens with zero attached hydrogens (tertiary/aromatic N) is 1. The van der Waals surface area contributed by atoms with Crippen molar-refractivity contribution in [3.05, 3.63) is 24.0 Å². The van der Waals surface area contributed by atoms with E-state index in [2.05, 4.69) is 4.90 Å². The first-order valence-corrected chi connectivity index (χ1v) is 4.90. The molecule has 0 bridgehead atoms. The fourth-order valence-electron chi connectivity index (χ4n) is 1.83. The van der Waals surface area contributed by atoms with Gasteiger partial charge in [-0.1, -0.05) is 0 Å². The van der Waals surface area contributed by atoms with Crippen molar-refractivity contribution in [2.24, 2.45) is 0 Å². The molecule has 1 aliphatic rings. The summed E-state index contributed by atoms with van der Waals surface area (Å²) in [5, 5.41) is 0. The molecule has 1 aliphatic heterocycles. The summed E-state index contributed by atoms with van der Waals surface area (Å²) in [4.78, 5) is 2.20. The number of benzene rings is 1. The summed E-state index contributed by atoms with van der Waals surface area (Å²) < 4.78 is 18.2. The molecular formula is C11H14FNO. The van der Waals surface area contributed by atoms with E-state index in [1.54, 1.807) is 12.1 Å². The minimum absolute atomic E-state index is 0.281. The number of hydrogen-bond donors (Lipinski definition) is 0. The number of hydrogen-bond acceptors (Lipinski definition) is 2. The maximum Gasteiger partial charge on any atom is 0.167 e. The fraction of sp³-hybridized carbons (Fsp3) is 0.455. The van der Waals surface area contributed by atoms with Crippen LogP contribution in [0.2, 0.25) is 0 Å². The number of halogens is 1. The molecule has 1 aromatic rings. The van der Waals surface area contributed by atoms with Gasteiger partial charge in [0, 0.05) is 24.8 Å². The first-order valence-electron chi connectivity index (χ1n) is 4.90. The second kappa shape index (κ2) is 3.86. The number of anilines is 1. The van der Waals surface area contributed by atoms with Gasteiger partial charge in [0.2, 0.25) is 0 Å². The van der Waals surface area contributed by atoms with Crippen LogP contribution in [0.25, 0.3) is 0 Å². The van der Waals surface area contributed by atoms with Crippen LogP contribution in [0.1, 0.15) is 12.8 Å². The molecule has 0 saturated carbocycles. The van der Waals surface area contributed by atoms with E-state index in [-0.39, 0.29) is 5.82 Å². The second-order valence-electron chi connectivity index (χ2n) is 3.51. The third kappa shape index (κ3) is 1.67. The van der Waals surface area contributed by atoms with Gasteiger partial charge < -0.3 is 9.64 Å². The molecule has 0 amide bonds. The van der Waals surface area contributed by atoms with Gasteiger partial charge in [0.15, 0.2) is 11.6 Å². The molecule has 0 spiro atoms. The van der Waals surface area contributed by atoms with Gasteiger partial charge in [0.05, 0.1) is 7.11 Å². The Balaban J connectivity index is 2.23. The van der Waals surface area contributed by atoms with Gasteiger partial charge in [-0.25, -0.2) is 4.39 Å². The predicted molar refractivity (Wildman–Crippen MR) is 54.4 cm³/mol. The van der Waals surface area contributed by atoms with Crippen LogP contribution in [0.15, 0.2) is 18.2 Å². The third-order valence-corrected chi connectivity index (χ3v) is 2.61. The van der Waals surface area contributed by atoms with Gasteiger partial charge in [-0.3, -0.25) is 0 Å². The van der Waals surface area contributed by atoms with E-state index >= 15 is 0 Å². The molecule has 0 atom stereocenters. The van der Waals surface area contributed by atoms with E-state index in [1.807, 2.05) is 6.07 Å². The molecule has 1 aromatic carbocycles. The summed E-state index contributed by atoms with van der Waals surface area (Å²) in [7, 11) is 1.48. The smallest absolute Gasteiger partial charge is 0.167 e. The lowest BCUT2D eigenvalue weighted by Crippen LogP contribution is -2.17. The van der Waals surface area contributed by atoms with E-state index in [9.17, 15) is 4.39 Å². The third-order valence-electron chi connectivity index (χ3n) is 2.61. The Labute approximate surface area is 83.3 Å². The highest BCUT2D eigenvalue weighted by Gasteiger charge is 2.13. The Morgan fingerprint density at radius 1 is 1.29 bits per heavy atom. The Hall–Kier alpha value is -1.25. The zero-order chi connectivity index (χ0) is 9.97. The molecule has 0 aliphatic carbocycles. The first kappa shape index (κ1) is 9.31. The highest BCUT2D eigenvalue weighted by atomic mass is 19.1. The average molecular weight is 195 g/mol. The van der Waals surface area contributed by atoms with Gasteiger partial charge in [-0.05, 0) is 25.0 Å². The van der Waals surface area contributed by atoms with Crippen molar-refractivity contribution in [3.63, 3.8) is 0 Å². The van der Waals surface area contributed by atoms with Crippen LogP contribution in [0.3, 0.4) is 0 Å². The molecule has 2 nitrogen and oxygen atoms in total. The van der Waals surface area contributed by atoms with Crippen LogP contribution in [0.5, 0.6) is 5.75 Å². The van der Waals surface area contributed by atoms with Crippen LogP contribution < -0.4 is 9.64 Å². The van der Waals surface area contributed by atoms with Crippen molar-refractivity contribution in [2.75, 3.05) is 25.1 Å². The molecule has 2 rings (SSSR count). The molecule has 0 unspecified atom stereocenters. The molecule has 0 N–H and O–H groups in total. The quantitative estimate of drug-likeness (QED) is 0.718. The lowest BCUT2D eigenvalue weighted by atomic mass is 10.2. The SMILES string of the molecule is COc1ccc(N2CCCC2)cc1F. The Morgan fingerprint density at radius 3 is 2.57 bits per heavy atom. The Bertz CT molecular complexity index is 321. The molecule has 0 radical (unpaired) electrons. The van der Waals surface area contributed by atoms with Gasteiger partial charge in [-0.15, -0.1) is 0 Å². The lowest BCUT2D eigenvalue weighted by molar-refractivity contribution is 0.386. The largest absolute Gasteiger partial charge is 0.494 e. The molecular weight excluding hydrogens is 181 g/mol. The Morgan fingerprint density at radius 2 is 2.00 bits per heavy atom. The highest BCUT2D eigenvalue weighted by Crippen LogP contribution is 2.25. The number of rotatable bonds is 2. The van der Waals surface area contributed by atoms with Gasteiger partial charge in [0.25, 0.3) is 0 Å². The monoisotopic (exact) mass is 195 g/mol. The summed E-state index contributed by atoms with van der Waals surface area (Å²) in [6.07, 6.45) is 2.40. The maximum atomic E-state index is 13.4. The van der Waals surface area contributed by atoms with E-state index in [4.69, 9.17) is 4.74 Å². The van der Waals surface area contributed by atoms with Gasteiger partial charge in [-0.2, -0.15) is 0 Å². The molecule has 14 heavy (non-hydrogen) atoms. The molecule has 1 heterocycles. The topological polar surface area (TPSA) is 12.5 Å². The number of ether oxygens (including phenoxy) is 1. The van der Waals surface area contributed by atoms with Crippen LogP contribution in [0, 0.1) is 5.82 Å². The average Bonchev–Trinajstić information content (AvgIpc) is 2.70. The lowest BCUT2D eigenvalue weighted by Gasteiger charge is -2.17. The highest BCUT2D eigenvalue weighted by molar-refractivity contribution is 5.50. The fourth-order valence-corrected chi connectivity index (χ4v) is 1.83. The molecule has 3 heteroatoms. The van der Waals surface area contributed by atoms with Crippen LogP contribution in [-0.4, -0.2) is 20.2 Å². The van der Waals surface area contributed by atoms with E-state index in [0.29, 0.717) is 5.75 Å². The van der Waals surface area contributed by atoms with Crippen molar-refractivity contribution in [1.82, 2.24) is 0 Å². The van der Waals surface area contributed by atoms with E-state index in [1.165, 1.54) is 20.0 Å². The minimum atomic E-state index is -0.281.